The highest BCUT2D eigenvalue weighted by atomic mass is 127. The van der Waals surface area contributed by atoms with E-state index in [9.17, 15) is 14.0 Å². The van der Waals surface area contributed by atoms with Crippen molar-refractivity contribution in [2.24, 2.45) is 5.10 Å². The lowest BCUT2D eigenvalue weighted by atomic mass is 10.1. The second kappa shape index (κ2) is 12.0. The standard InChI is InChI=1S/C24H21FIN3O4/c1-32-21-12-17(14-27-29-22(30)13-16-7-9-18(25)10-8-16)11-20(26)24(21)33-15-23(31)28-19-5-3-2-4-6-19/h2-12,14H,13,15H2,1H3,(H,28,31)(H,29,30)/b27-14+. The number of nitrogens with zero attached hydrogens (tertiary/aromatic N) is 1. The summed E-state index contributed by atoms with van der Waals surface area (Å²) in [6, 6.07) is 18.2. The predicted octanol–water partition coefficient (Wildman–Crippen LogP) is 4.15. The number of hydrogen-bond acceptors (Lipinski definition) is 5. The number of methoxy groups -OCH3 is 1. The zero-order chi connectivity index (χ0) is 23.6. The van der Waals surface area contributed by atoms with Gasteiger partial charge in [-0.15, -0.1) is 0 Å². The highest BCUT2D eigenvalue weighted by Crippen LogP contribution is 2.33. The lowest BCUT2D eigenvalue weighted by molar-refractivity contribution is -0.120. The van der Waals surface area contributed by atoms with E-state index >= 15 is 0 Å². The normalized spacial score (nSPS) is 10.6. The Bertz CT molecular complexity index is 1140. The molecule has 2 N–H and O–H groups in total. The van der Waals surface area contributed by atoms with Crippen LogP contribution in [0.25, 0.3) is 0 Å². The Morgan fingerprint density at radius 2 is 1.79 bits per heavy atom. The fourth-order valence-electron chi connectivity index (χ4n) is 2.82. The van der Waals surface area contributed by atoms with Crippen molar-refractivity contribution in [3.05, 3.63) is 87.2 Å². The van der Waals surface area contributed by atoms with E-state index in [-0.39, 0.29) is 30.7 Å². The van der Waals surface area contributed by atoms with Gasteiger partial charge in [-0.1, -0.05) is 30.3 Å². The highest BCUT2D eigenvalue weighted by Gasteiger charge is 2.13. The number of benzene rings is 3. The minimum Gasteiger partial charge on any atom is -0.493 e. The van der Waals surface area contributed by atoms with Crippen molar-refractivity contribution in [3.63, 3.8) is 0 Å². The molecule has 7 nitrogen and oxygen atoms in total. The zero-order valence-corrected chi connectivity index (χ0v) is 19.8. The van der Waals surface area contributed by atoms with Crippen LogP contribution in [0.2, 0.25) is 0 Å². The molecular formula is C24H21FIN3O4. The van der Waals surface area contributed by atoms with Crippen LogP contribution < -0.4 is 20.2 Å². The first-order chi connectivity index (χ1) is 15.9. The van der Waals surface area contributed by atoms with Crippen molar-refractivity contribution in [1.29, 1.82) is 0 Å². The van der Waals surface area contributed by atoms with Gasteiger partial charge in [-0.3, -0.25) is 9.59 Å². The molecule has 2 amide bonds. The van der Waals surface area contributed by atoms with Gasteiger partial charge in [0.1, 0.15) is 5.82 Å². The molecular weight excluding hydrogens is 540 g/mol. The van der Waals surface area contributed by atoms with Crippen molar-refractivity contribution >= 4 is 46.3 Å². The van der Waals surface area contributed by atoms with E-state index in [1.54, 1.807) is 36.4 Å². The number of hydrogen-bond donors (Lipinski definition) is 2. The van der Waals surface area contributed by atoms with E-state index in [0.717, 1.165) is 0 Å². The average Bonchev–Trinajstić information content (AvgIpc) is 2.80. The van der Waals surface area contributed by atoms with E-state index in [1.807, 2.05) is 18.2 Å². The van der Waals surface area contributed by atoms with Gasteiger partial charge in [-0.05, 0) is 70.1 Å². The van der Waals surface area contributed by atoms with Crippen molar-refractivity contribution in [2.75, 3.05) is 19.0 Å². The van der Waals surface area contributed by atoms with Crippen molar-refractivity contribution in [2.45, 2.75) is 6.42 Å². The summed E-state index contributed by atoms with van der Waals surface area (Å²) >= 11 is 2.07. The molecule has 0 saturated carbocycles. The van der Waals surface area contributed by atoms with Gasteiger partial charge in [0.05, 0.1) is 23.3 Å². The molecule has 3 aromatic carbocycles. The summed E-state index contributed by atoms with van der Waals surface area (Å²) in [6.45, 7) is -0.186. The summed E-state index contributed by atoms with van der Waals surface area (Å²) in [7, 11) is 1.49. The van der Waals surface area contributed by atoms with Crippen molar-refractivity contribution < 1.29 is 23.5 Å². The number of para-hydroxylation sites is 1. The van der Waals surface area contributed by atoms with Crippen LogP contribution in [-0.2, 0) is 16.0 Å². The maximum Gasteiger partial charge on any atom is 0.262 e. The molecule has 0 heterocycles. The van der Waals surface area contributed by atoms with Crippen LogP contribution in [0.3, 0.4) is 0 Å². The molecule has 9 heteroatoms. The Morgan fingerprint density at radius 1 is 1.06 bits per heavy atom. The number of carbonyl (C=O) groups is 2. The van der Waals surface area contributed by atoms with E-state index in [1.165, 1.54) is 25.5 Å². The average molecular weight is 561 g/mol. The highest BCUT2D eigenvalue weighted by molar-refractivity contribution is 14.1. The molecule has 3 aromatic rings. The molecule has 0 atom stereocenters. The minimum atomic E-state index is -0.357. The fraction of sp³-hybridized carbons (Fsp3) is 0.125. The van der Waals surface area contributed by atoms with E-state index in [2.05, 4.69) is 38.4 Å². The van der Waals surface area contributed by atoms with Gasteiger partial charge >= 0.3 is 0 Å². The summed E-state index contributed by atoms with van der Waals surface area (Å²) < 4.78 is 24.7. The summed E-state index contributed by atoms with van der Waals surface area (Å²) in [5, 5.41) is 6.71. The number of carbonyl (C=O) groups excluding carboxylic acids is 2. The fourth-order valence-corrected chi connectivity index (χ4v) is 3.60. The number of nitrogens with one attached hydrogen (secondary N) is 2. The quantitative estimate of drug-likeness (QED) is 0.234. The molecule has 0 unspecified atom stereocenters. The summed E-state index contributed by atoms with van der Waals surface area (Å²) in [6.07, 6.45) is 1.55. The topological polar surface area (TPSA) is 89.0 Å². The second-order valence-electron chi connectivity index (χ2n) is 6.83. The maximum absolute atomic E-state index is 13.0. The number of ether oxygens (including phenoxy) is 2. The molecule has 0 aliphatic heterocycles. The number of rotatable bonds is 9. The van der Waals surface area contributed by atoms with Gasteiger partial charge in [0.25, 0.3) is 5.91 Å². The summed E-state index contributed by atoms with van der Waals surface area (Å²) in [5.74, 6) is -0.130. The first-order valence-electron chi connectivity index (χ1n) is 9.86. The number of anilines is 1. The smallest absolute Gasteiger partial charge is 0.262 e. The van der Waals surface area contributed by atoms with Crippen LogP contribution in [0.1, 0.15) is 11.1 Å². The minimum absolute atomic E-state index is 0.0797. The Morgan fingerprint density at radius 3 is 2.48 bits per heavy atom. The van der Waals surface area contributed by atoms with Crippen molar-refractivity contribution in [1.82, 2.24) is 5.43 Å². The van der Waals surface area contributed by atoms with Crippen LogP contribution in [0, 0.1) is 9.39 Å². The van der Waals surface area contributed by atoms with Gasteiger partial charge in [0.15, 0.2) is 18.1 Å². The molecule has 170 valence electrons. The number of halogens is 2. The number of amides is 2. The second-order valence-corrected chi connectivity index (χ2v) is 8.00. The Hall–Kier alpha value is -3.47. The largest absolute Gasteiger partial charge is 0.493 e. The molecule has 0 aliphatic carbocycles. The van der Waals surface area contributed by atoms with E-state index in [0.29, 0.717) is 31.9 Å². The summed E-state index contributed by atoms with van der Waals surface area (Å²) in [4.78, 5) is 24.2. The lowest BCUT2D eigenvalue weighted by Gasteiger charge is -2.13. The Balaban J connectivity index is 1.57. The molecule has 0 bridgehead atoms. The van der Waals surface area contributed by atoms with Gasteiger partial charge in [-0.2, -0.15) is 5.10 Å². The SMILES string of the molecule is COc1cc(/C=N/NC(=O)Cc2ccc(F)cc2)cc(I)c1OCC(=O)Nc1ccccc1. The molecule has 0 radical (unpaired) electrons. The molecule has 0 spiro atoms. The summed E-state index contributed by atoms with van der Waals surface area (Å²) in [5.41, 5.74) is 4.46. The van der Waals surface area contributed by atoms with Crippen LogP contribution in [-0.4, -0.2) is 31.7 Å². The van der Waals surface area contributed by atoms with Crippen LogP contribution in [0.5, 0.6) is 11.5 Å². The molecule has 0 aromatic heterocycles. The predicted molar refractivity (Wildman–Crippen MR) is 132 cm³/mol. The lowest BCUT2D eigenvalue weighted by Crippen LogP contribution is -2.20. The van der Waals surface area contributed by atoms with Crippen LogP contribution in [0.4, 0.5) is 10.1 Å². The monoisotopic (exact) mass is 561 g/mol. The molecule has 0 saturated heterocycles. The number of hydrazone groups is 1. The van der Waals surface area contributed by atoms with Gasteiger partial charge < -0.3 is 14.8 Å². The third-order valence-corrected chi connectivity index (χ3v) is 5.14. The van der Waals surface area contributed by atoms with Gasteiger partial charge in [0, 0.05) is 5.69 Å². The maximum atomic E-state index is 13.0. The molecule has 3 rings (SSSR count). The van der Waals surface area contributed by atoms with Gasteiger partial charge in [-0.25, -0.2) is 9.82 Å². The van der Waals surface area contributed by atoms with E-state index in [4.69, 9.17) is 9.47 Å². The zero-order valence-electron chi connectivity index (χ0n) is 17.7. The molecule has 33 heavy (non-hydrogen) atoms. The first kappa shape index (κ1) is 24.2. The first-order valence-corrected chi connectivity index (χ1v) is 10.9. The third kappa shape index (κ3) is 7.56. The van der Waals surface area contributed by atoms with Crippen LogP contribution >= 0.6 is 22.6 Å². The van der Waals surface area contributed by atoms with E-state index < -0.39 is 0 Å². The van der Waals surface area contributed by atoms with Crippen molar-refractivity contribution in [3.8, 4) is 11.5 Å². The van der Waals surface area contributed by atoms with Crippen LogP contribution in [0.15, 0.2) is 71.8 Å². The Kier molecular flexibility index (Phi) is 8.76. The van der Waals surface area contributed by atoms with Gasteiger partial charge in [0.2, 0.25) is 5.91 Å². The molecule has 0 aliphatic rings. The molecule has 0 fully saturated rings. The third-order valence-electron chi connectivity index (χ3n) is 4.34. The Labute approximate surface area is 204 Å².